The number of amides is 1. The number of hydrogen-bond donors (Lipinski definition) is 4. The molecule has 0 unspecified atom stereocenters. The highest BCUT2D eigenvalue weighted by Crippen LogP contribution is 2.22. The standard InChI is InChI=1S/C15H14N2O4/c16-13(9-4-2-1-3-5-9)14(19)17-10-6-7-12(18)11(8-10)15(20)21/h1-8,13,18H,16H2,(H,17,19)(H,20,21)/t13-/m0/s1. The molecule has 0 radical (unpaired) electrons. The predicted octanol–water partition coefficient (Wildman–Crippen LogP) is 1.73. The Morgan fingerprint density at radius 3 is 2.38 bits per heavy atom. The SMILES string of the molecule is N[C@H](C(=O)Nc1ccc(O)c(C(=O)O)c1)c1ccccc1. The number of carbonyl (C=O) groups is 2. The molecule has 0 aliphatic rings. The lowest BCUT2D eigenvalue weighted by molar-refractivity contribution is -0.117. The van der Waals surface area contributed by atoms with Gasteiger partial charge in [-0.15, -0.1) is 0 Å². The number of carboxylic acids is 1. The van der Waals surface area contributed by atoms with Crippen LogP contribution in [0.3, 0.4) is 0 Å². The number of carboxylic acid groups (broad SMARTS) is 1. The molecule has 5 N–H and O–H groups in total. The number of nitrogens with two attached hydrogens (primary N) is 1. The highest BCUT2D eigenvalue weighted by Gasteiger charge is 2.17. The van der Waals surface area contributed by atoms with Crippen LogP contribution < -0.4 is 11.1 Å². The van der Waals surface area contributed by atoms with E-state index in [1.54, 1.807) is 24.3 Å². The van der Waals surface area contributed by atoms with Crippen LogP contribution in [0, 0.1) is 0 Å². The summed E-state index contributed by atoms with van der Waals surface area (Å²) < 4.78 is 0. The summed E-state index contributed by atoms with van der Waals surface area (Å²) in [5.41, 5.74) is 6.44. The van der Waals surface area contributed by atoms with Crippen LogP contribution >= 0.6 is 0 Å². The molecular weight excluding hydrogens is 272 g/mol. The van der Waals surface area contributed by atoms with Crippen LogP contribution in [0.25, 0.3) is 0 Å². The van der Waals surface area contributed by atoms with Crippen molar-refractivity contribution >= 4 is 17.6 Å². The maximum absolute atomic E-state index is 12.0. The lowest BCUT2D eigenvalue weighted by atomic mass is 10.1. The summed E-state index contributed by atoms with van der Waals surface area (Å²) in [6.45, 7) is 0. The van der Waals surface area contributed by atoms with Gasteiger partial charge in [0.25, 0.3) is 0 Å². The summed E-state index contributed by atoms with van der Waals surface area (Å²) in [6.07, 6.45) is 0. The van der Waals surface area contributed by atoms with Crippen molar-refractivity contribution < 1.29 is 19.8 Å². The van der Waals surface area contributed by atoms with Crippen LogP contribution in [0.2, 0.25) is 0 Å². The van der Waals surface area contributed by atoms with Crippen LogP contribution in [0.1, 0.15) is 22.0 Å². The van der Waals surface area contributed by atoms with Crippen molar-refractivity contribution in [2.75, 3.05) is 5.32 Å². The Bertz CT molecular complexity index is 671. The zero-order valence-electron chi connectivity index (χ0n) is 11.0. The summed E-state index contributed by atoms with van der Waals surface area (Å²) in [4.78, 5) is 23.0. The number of nitrogens with one attached hydrogen (secondary N) is 1. The first kappa shape index (κ1) is 14.5. The van der Waals surface area contributed by atoms with E-state index >= 15 is 0 Å². The van der Waals surface area contributed by atoms with E-state index in [0.29, 0.717) is 5.56 Å². The third kappa shape index (κ3) is 3.37. The Labute approximate surface area is 120 Å². The third-order valence-electron chi connectivity index (χ3n) is 2.94. The van der Waals surface area contributed by atoms with Gasteiger partial charge < -0.3 is 21.3 Å². The molecule has 0 aromatic heterocycles. The van der Waals surface area contributed by atoms with E-state index in [4.69, 9.17) is 10.8 Å². The van der Waals surface area contributed by atoms with E-state index in [-0.39, 0.29) is 17.0 Å². The molecule has 0 fully saturated rings. The van der Waals surface area contributed by atoms with E-state index < -0.39 is 17.9 Å². The molecule has 2 rings (SSSR count). The monoisotopic (exact) mass is 286 g/mol. The van der Waals surface area contributed by atoms with Gasteiger partial charge in [-0.1, -0.05) is 30.3 Å². The highest BCUT2D eigenvalue weighted by atomic mass is 16.4. The Balaban J connectivity index is 2.16. The molecule has 0 saturated heterocycles. The van der Waals surface area contributed by atoms with Crippen LogP contribution in [-0.4, -0.2) is 22.1 Å². The molecule has 0 spiro atoms. The Kier molecular flexibility index (Phi) is 4.20. The van der Waals surface area contributed by atoms with Crippen molar-refractivity contribution in [3.8, 4) is 5.75 Å². The molecule has 0 aliphatic heterocycles. The normalized spacial score (nSPS) is 11.7. The molecule has 21 heavy (non-hydrogen) atoms. The van der Waals surface area contributed by atoms with Gasteiger partial charge in [-0.05, 0) is 23.8 Å². The van der Waals surface area contributed by atoms with Crippen LogP contribution in [0.4, 0.5) is 5.69 Å². The van der Waals surface area contributed by atoms with E-state index in [1.807, 2.05) is 6.07 Å². The maximum atomic E-state index is 12.0. The third-order valence-corrected chi connectivity index (χ3v) is 2.94. The first-order valence-electron chi connectivity index (χ1n) is 6.16. The molecule has 0 aliphatic carbocycles. The van der Waals surface area contributed by atoms with Gasteiger partial charge in [-0.2, -0.15) is 0 Å². The van der Waals surface area contributed by atoms with Gasteiger partial charge in [-0.3, -0.25) is 4.79 Å². The zero-order chi connectivity index (χ0) is 15.4. The molecule has 1 atom stereocenters. The minimum Gasteiger partial charge on any atom is -0.507 e. The van der Waals surface area contributed by atoms with Crippen LogP contribution in [0.5, 0.6) is 5.75 Å². The summed E-state index contributed by atoms with van der Waals surface area (Å²) >= 11 is 0. The molecule has 0 heterocycles. The molecule has 0 bridgehead atoms. The van der Waals surface area contributed by atoms with Crippen molar-refractivity contribution in [2.24, 2.45) is 5.73 Å². The second kappa shape index (κ2) is 6.06. The summed E-state index contributed by atoms with van der Waals surface area (Å²) in [5, 5.41) is 20.8. The number of phenols is 1. The van der Waals surface area contributed by atoms with E-state index in [2.05, 4.69) is 5.32 Å². The molecule has 108 valence electrons. The quantitative estimate of drug-likeness (QED) is 0.639. The van der Waals surface area contributed by atoms with E-state index in [9.17, 15) is 14.7 Å². The number of aromatic carboxylic acids is 1. The predicted molar refractivity (Wildman–Crippen MR) is 77.1 cm³/mol. The number of carbonyl (C=O) groups excluding carboxylic acids is 1. The fourth-order valence-corrected chi connectivity index (χ4v) is 1.82. The maximum Gasteiger partial charge on any atom is 0.339 e. The summed E-state index contributed by atoms with van der Waals surface area (Å²) in [5.74, 6) is -2.12. The lowest BCUT2D eigenvalue weighted by Crippen LogP contribution is -2.27. The first-order valence-corrected chi connectivity index (χ1v) is 6.16. The van der Waals surface area contributed by atoms with Crippen LogP contribution in [0.15, 0.2) is 48.5 Å². The second-order valence-electron chi connectivity index (χ2n) is 4.41. The number of aromatic hydroxyl groups is 1. The molecule has 2 aromatic carbocycles. The van der Waals surface area contributed by atoms with Gasteiger partial charge in [0, 0.05) is 5.69 Å². The van der Waals surface area contributed by atoms with Gasteiger partial charge in [0.15, 0.2) is 0 Å². The largest absolute Gasteiger partial charge is 0.507 e. The highest BCUT2D eigenvalue weighted by molar-refractivity contribution is 5.98. The Morgan fingerprint density at radius 2 is 1.76 bits per heavy atom. The summed E-state index contributed by atoms with van der Waals surface area (Å²) in [7, 11) is 0. The average Bonchev–Trinajstić information content (AvgIpc) is 2.49. The number of benzene rings is 2. The second-order valence-corrected chi connectivity index (χ2v) is 4.41. The zero-order valence-corrected chi connectivity index (χ0v) is 11.0. The minimum atomic E-state index is -1.28. The Hall–Kier alpha value is -2.86. The van der Waals surface area contributed by atoms with Crippen molar-refractivity contribution in [3.05, 3.63) is 59.7 Å². The Morgan fingerprint density at radius 1 is 1.10 bits per heavy atom. The molecule has 1 amide bonds. The van der Waals surface area contributed by atoms with Gasteiger partial charge in [0.05, 0.1) is 0 Å². The van der Waals surface area contributed by atoms with Crippen LogP contribution in [-0.2, 0) is 4.79 Å². The smallest absolute Gasteiger partial charge is 0.339 e. The van der Waals surface area contributed by atoms with Gasteiger partial charge in [0.1, 0.15) is 17.4 Å². The molecule has 6 heteroatoms. The first-order chi connectivity index (χ1) is 9.99. The summed E-state index contributed by atoms with van der Waals surface area (Å²) in [6, 6.07) is 11.7. The topological polar surface area (TPSA) is 113 Å². The fourth-order valence-electron chi connectivity index (χ4n) is 1.82. The number of hydrogen-bond acceptors (Lipinski definition) is 4. The van der Waals surface area contributed by atoms with Gasteiger partial charge in [-0.25, -0.2) is 4.79 Å². The van der Waals surface area contributed by atoms with Crippen molar-refractivity contribution in [1.29, 1.82) is 0 Å². The van der Waals surface area contributed by atoms with Crippen molar-refractivity contribution in [2.45, 2.75) is 6.04 Å². The van der Waals surface area contributed by atoms with E-state index in [0.717, 1.165) is 0 Å². The number of anilines is 1. The van der Waals surface area contributed by atoms with Crippen molar-refractivity contribution in [1.82, 2.24) is 0 Å². The molecular formula is C15H14N2O4. The van der Waals surface area contributed by atoms with Gasteiger partial charge >= 0.3 is 5.97 Å². The van der Waals surface area contributed by atoms with E-state index in [1.165, 1.54) is 18.2 Å². The van der Waals surface area contributed by atoms with Crippen molar-refractivity contribution in [3.63, 3.8) is 0 Å². The number of rotatable bonds is 4. The minimum absolute atomic E-state index is 0.251. The molecule has 0 saturated carbocycles. The molecule has 2 aromatic rings. The lowest BCUT2D eigenvalue weighted by Gasteiger charge is -2.13. The average molecular weight is 286 g/mol. The fraction of sp³-hybridized carbons (Fsp3) is 0.0667. The van der Waals surface area contributed by atoms with Gasteiger partial charge in [0.2, 0.25) is 5.91 Å². The molecule has 6 nitrogen and oxygen atoms in total.